The van der Waals surface area contributed by atoms with Gasteiger partial charge in [0, 0.05) is 6.20 Å². The van der Waals surface area contributed by atoms with Crippen molar-refractivity contribution in [3.63, 3.8) is 0 Å². The molecule has 90 valence electrons. The number of pyridine rings is 1. The fourth-order valence-electron chi connectivity index (χ4n) is 1.57. The van der Waals surface area contributed by atoms with Crippen LogP contribution < -0.4 is 0 Å². The van der Waals surface area contributed by atoms with Crippen LogP contribution in [0.3, 0.4) is 0 Å². The van der Waals surface area contributed by atoms with E-state index in [-0.39, 0.29) is 15.8 Å². The first-order valence-corrected chi connectivity index (χ1v) is 6.68. The van der Waals surface area contributed by atoms with Gasteiger partial charge in [-0.25, -0.2) is 13.4 Å². The minimum Gasteiger partial charge on any atom is -0.409 e. The molecule has 0 aliphatic carbocycles. The van der Waals surface area contributed by atoms with Crippen LogP contribution in [0.5, 0.6) is 0 Å². The van der Waals surface area contributed by atoms with E-state index < -0.39 is 9.84 Å². The lowest BCUT2D eigenvalue weighted by atomic mass is 10.4. The molecule has 0 saturated heterocycles. The van der Waals surface area contributed by atoms with Crippen LogP contribution in [-0.2, 0) is 9.84 Å². The van der Waals surface area contributed by atoms with Crippen LogP contribution in [0.25, 0.3) is 11.2 Å². The summed E-state index contributed by atoms with van der Waals surface area (Å²) in [5.41, 5.74) is 0.638. The summed E-state index contributed by atoms with van der Waals surface area (Å²) in [6.07, 6.45) is 1.52. The highest BCUT2D eigenvalue weighted by Crippen LogP contribution is 2.22. The Morgan fingerprint density at radius 1 is 1.00 bits per heavy atom. The Kier molecular flexibility index (Phi) is 2.38. The first-order chi connectivity index (χ1) is 8.68. The van der Waals surface area contributed by atoms with Gasteiger partial charge in [0.25, 0.3) is 9.84 Å². The van der Waals surface area contributed by atoms with Crippen molar-refractivity contribution in [3.05, 3.63) is 48.7 Å². The third kappa shape index (κ3) is 1.67. The van der Waals surface area contributed by atoms with Gasteiger partial charge in [-0.2, -0.15) is 4.98 Å². The summed E-state index contributed by atoms with van der Waals surface area (Å²) in [5, 5.41) is -0.331. The van der Waals surface area contributed by atoms with Crippen molar-refractivity contribution in [3.8, 4) is 0 Å². The molecule has 2 aromatic heterocycles. The lowest BCUT2D eigenvalue weighted by molar-refractivity contribution is 0.452. The standard InChI is InChI=1S/C12H8N2O3S/c15-18(16,9-5-2-1-3-6-9)12-14-10-7-4-8-13-11(10)17-12/h1-8H. The minimum absolute atomic E-state index is 0.150. The van der Waals surface area contributed by atoms with E-state index in [2.05, 4.69) is 9.97 Å². The molecule has 18 heavy (non-hydrogen) atoms. The molecule has 2 heterocycles. The van der Waals surface area contributed by atoms with Gasteiger partial charge in [0.2, 0.25) is 5.71 Å². The Labute approximate surface area is 103 Å². The molecule has 0 atom stereocenters. The average molecular weight is 260 g/mol. The molecule has 0 radical (unpaired) electrons. The molecule has 0 unspecified atom stereocenters. The van der Waals surface area contributed by atoms with Gasteiger partial charge in [-0.15, -0.1) is 0 Å². The molecule has 3 aromatic rings. The van der Waals surface area contributed by atoms with Crippen molar-refractivity contribution in [2.24, 2.45) is 0 Å². The maximum absolute atomic E-state index is 12.2. The number of benzene rings is 1. The molecule has 3 rings (SSSR count). The number of aromatic nitrogens is 2. The van der Waals surface area contributed by atoms with Gasteiger partial charge >= 0.3 is 5.22 Å². The molecule has 0 saturated carbocycles. The van der Waals surface area contributed by atoms with Gasteiger partial charge in [0.1, 0.15) is 5.52 Å². The normalized spacial score (nSPS) is 11.8. The van der Waals surface area contributed by atoms with E-state index in [0.29, 0.717) is 5.52 Å². The zero-order valence-electron chi connectivity index (χ0n) is 9.15. The van der Waals surface area contributed by atoms with E-state index in [1.165, 1.54) is 18.3 Å². The predicted molar refractivity (Wildman–Crippen MR) is 63.7 cm³/mol. The molecule has 1 aromatic carbocycles. The maximum atomic E-state index is 12.2. The molecule has 6 heteroatoms. The third-order valence-electron chi connectivity index (χ3n) is 2.43. The van der Waals surface area contributed by atoms with Crippen LogP contribution >= 0.6 is 0 Å². The topological polar surface area (TPSA) is 73.1 Å². The summed E-state index contributed by atoms with van der Waals surface area (Å²) >= 11 is 0. The van der Waals surface area contributed by atoms with Crippen LogP contribution in [0.15, 0.2) is 63.2 Å². The highest BCUT2D eigenvalue weighted by atomic mass is 32.2. The van der Waals surface area contributed by atoms with E-state index in [0.717, 1.165) is 0 Å². The minimum atomic E-state index is -3.72. The number of hydrogen-bond acceptors (Lipinski definition) is 5. The molecule has 0 fully saturated rings. The maximum Gasteiger partial charge on any atom is 0.322 e. The largest absolute Gasteiger partial charge is 0.409 e. The van der Waals surface area contributed by atoms with E-state index >= 15 is 0 Å². The number of oxazole rings is 1. The summed E-state index contributed by atoms with van der Waals surface area (Å²) in [6, 6.07) is 11.4. The average Bonchev–Trinajstić information content (AvgIpc) is 2.84. The molecule has 0 aliphatic rings. The quantitative estimate of drug-likeness (QED) is 0.705. The van der Waals surface area contributed by atoms with Gasteiger partial charge in [-0.1, -0.05) is 18.2 Å². The van der Waals surface area contributed by atoms with Crippen LogP contribution in [0.2, 0.25) is 0 Å². The van der Waals surface area contributed by atoms with Crippen molar-refractivity contribution < 1.29 is 12.8 Å². The number of fused-ring (bicyclic) bond motifs is 1. The van der Waals surface area contributed by atoms with E-state index in [9.17, 15) is 8.42 Å². The van der Waals surface area contributed by atoms with Crippen LogP contribution in [0.1, 0.15) is 0 Å². The van der Waals surface area contributed by atoms with Crippen LogP contribution in [-0.4, -0.2) is 18.4 Å². The number of rotatable bonds is 2. The summed E-state index contributed by atoms with van der Waals surface area (Å²) in [6.45, 7) is 0. The zero-order chi connectivity index (χ0) is 12.6. The van der Waals surface area contributed by atoms with Crippen molar-refractivity contribution in [2.75, 3.05) is 0 Å². The Hall–Kier alpha value is -2.21. The number of nitrogens with zero attached hydrogens (tertiary/aromatic N) is 2. The lowest BCUT2D eigenvalue weighted by Gasteiger charge is -1.97. The van der Waals surface area contributed by atoms with E-state index in [4.69, 9.17) is 4.42 Å². The molecule has 0 N–H and O–H groups in total. The Morgan fingerprint density at radius 3 is 2.50 bits per heavy atom. The Morgan fingerprint density at radius 2 is 1.78 bits per heavy atom. The third-order valence-corrected chi connectivity index (χ3v) is 3.96. The van der Waals surface area contributed by atoms with Gasteiger partial charge in [-0.3, -0.25) is 0 Å². The first kappa shape index (κ1) is 10.9. The first-order valence-electron chi connectivity index (χ1n) is 5.19. The van der Waals surface area contributed by atoms with Gasteiger partial charge in [0.15, 0.2) is 0 Å². The molecule has 0 spiro atoms. The summed E-state index contributed by atoms with van der Waals surface area (Å²) in [7, 11) is -3.72. The molecular formula is C12H8N2O3S. The van der Waals surface area contributed by atoms with Crippen molar-refractivity contribution in [1.29, 1.82) is 0 Å². The number of hydrogen-bond donors (Lipinski definition) is 0. The highest BCUT2D eigenvalue weighted by Gasteiger charge is 2.24. The Balaban J connectivity index is 2.20. The van der Waals surface area contributed by atoms with Crippen LogP contribution in [0, 0.1) is 0 Å². The fourth-order valence-corrected chi connectivity index (χ4v) is 2.69. The monoisotopic (exact) mass is 260 g/mol. The fraction of sp³-hybridized carbons (Fsp3) is 0. The number of sulfone groups is 1. The SMILES string of the molecule is O=S(=O)(c1ccccc1)c1nc2cccnc2o1. The molecule has 5 nitrogen and oxygen atoms in total. The Bertz CT molecular complexity index is 761. The van der Waals surface area contributed by atoms with Crippen LogP contribution in [0.4, 0.5) is 0 Å². The van der Waals surface area contributed by atoms with Gasteiger partial charge < -0.3 is 4.42 Å². The highest BCUT2D eigenvalue weighted by molar-refractivity contribution is 7.91. The lowest BCUT2D eigenvalue weighted by Crippen LogP contribution is -2.01. The zero-order valence-corrected chi connectivity index (χ0v) is 9.96. The van der Waals surface area contributed by atoms with E-state index in [1.54, 1.807) is 30.3 Å². The molecule has 0 amide bonds. The summed E-state index contributed by atoms with van der Waals surface area (Å²) in [5.74, 6) is 0. The van der Waals surface area contributed by atoms with Crippen molar-refractivity contribution >= 4 is 21.1 Å². The molecule has 0 aliphatic heterocycles. The summed E-state index contributed by atoms with van der Waals surface area (Å²) < 4.78 is 29.6. The van der Waals surface area contributed by atoms with E-state index in [1.807, 2.05) is 0 Å². The second-order valence-corrected chi connectivity index (χ2v) is 5.45. The predicted octanol–water partition coefficient (Wildman–Crippen LogP) is 2.06. The molecular weight excluding hydrogens is 252 g/mol. The van der Waals surface area contributed by atoms with Crippen molar-refractivity contribution in [2.45, 2.75) is 10.1 Å². The summed E-state index contributed by atoms with van der Waals surface area (Å²) in [4.78, 5) is 8.01. The smallest absolute Gasteiger partial charge is 0.322 e. The van der Waals surface area contributed by atoms with Crippen molar-refractivity contribution in [1.82, 2.24) is 9.97 Å². The molecule has 0 bridgehead atoms. The van der Waals surface area contributed by atoms with Gasteiger partial charge in [0.05, 0.1) is 4.90 Å². The second kappa shape index (κ2) is 3.92. The van der Waals surface area contributed by atoms with Gasteiger partial charge in [-0.05, 0) is 24.3 Å². The second-order valence-electron chi connectivity index (χ2n) is 3.62.